The summed E-state index contributed by atoms with van der Waals surface area (Å²) in [6, 6.07) is 9.99. The molecule has 1 amide bonds. The maximum absolute atomic E-state index is 12.2. The highest BCUT2D eigenvalue weighted by Crippen LogP contribution is 2.48. The maximum Gasteiger partial charge on any atom is 0.256 e. The number of nitrogens with zero attached hydrogens (tertiary/aromatic N) is 2. The number of rotatable bonds is 4. The van der Waals surface area contributed by atoms with Crippen molar-refractivity contribution in [1.29, 1.82) is 0 Å². The van der Waals surface area contributed by atoms with Crippen molar-refractivity contribution in [3.63, 3.8) is 0 Å². The van der Waals surface area contributed by atoms with Crippen LogP contribution in [-0.2, 0) is 11.3 Å². The molecule has 1 aliphatic carbocycles. The van der Waals surface area contributed by atoms with E-state index >= 15 is 0 Å². The minimum absolute atomic E-state index is 0.0313. The molecule has 0 atom stereocenters. The van der Waals surface area contributed by atoms with E-state index in [0.717, 1.165) is 5.56 Å². The Labute approximate surface area is 130 Å². The largest absolute Gasteiger partial charge is 0.380 e. The molecule has 1 fully saturated rings. The first-order valence-electron chi connectivity index (χ1n) is 7.47. The zero-order valence-corrected chi connectivity index (χ0v) is 12.9. The first-order chi connectivity index (χ1) is 10.4. The fraction of sp³-hybridized carbons (Fsp3) is 0.412. The number of hydrogen-bond donors (Lipinski definition) is 2. The van der Waals surface area contributed by atoms with Crippen molar-refractivity contribution in [3.8, 4) is 0 Å². The van der Waals surface area contributed by atoms with Crippen LogP contribution in [0.25, 0.3) is 0 Å². The van der Waals surface area contributed by atoms with E-state index in [9.17, 15) is 9.90 Å². The Kier molecular flexibility index (Phi) is 3.53. The van der Waals surface area contributed by atoms with Crippen LogP contribution in [-0.4, -0.2) is 26.4 Å². The molecule has 22 heavy (non-hydrogen) atoms. The van der Waals surface area contributed by atoms with Crippen molar-refractivity contribution < 1.29 is 9.90 Å². The fourth-order valence-electron chi connectivity index (χ4n) is 3.22. The van der Waals surface area contributed by atoms with E-state index in [1.165, 1.54) is 0 Å². The highest BCUT2D eigenvalue weighted by molar-refractivity contribution is 5.97. The SMILES string of the molecule is CC1(C)CC(O)(C(=O)Nc2cnn(Cc3ccccc3)c2)C1. The lowest BCUT2D eigenvalue weighted by Gasteiger charge is -2.48. The Balaban J connectivity index is 1.61. The third-order valence-corrected chi connectivity index (χ3v) is 4.04. The van der Waals surface area contributed by atoms with Gasteiger partial charge in [-0.25, -0.2) is 0 Å². The highest BCUT2D eigenvalue weighted by Gasteiger charge is 2.53. The second kappa shape index (κ2) is 5.25. The van der Waals surface area contributed by atoms with Crippen LogP contribution in [0.3, 0.4) is 0 Å². The summed E-state index contributed by atoms with van der Waals surface area (Å²) in [6.07, 6.45) is 4.36. The molecule has 1 heterocycles. The summed E-state index contributed by atoms with van der Waals surface area (Å²) >= 11 is 0. The standard InChI is InChI=1S/C17H21N3O2/c1-16(2)11-17(22,12-16)15(21)19-14-8-18-20(10-14)9-13-6-4-3-5-7-13/h3-8,10,22H,9,11-12H2,1-2H3,(H,19,21). The molecule has 5 nitrogen and oxygen atoms in total. The Morgan fingerprint density at radius 2 is 2.00 bits per heavy atom. The topological polar surface area (TPSA) is 67.2 Å². The third kappa shape index (κ3) is 3.04. The predicted molar refractivity (Wildman–Crippen MR) is 84.4 cm³/mol. The lowest BCUT2D eigenvalue weighted by atomic mass is 9.61. The number of nitrogens with one attached hydrogen (secondary N) is 1. The lowest BCUT2D eigenvalue weighted by molar-refractivity contribution is -0.158. The van der Waals surface area contributed by atoms with Gasteiger partial charge in [0.2, 0.25) is 0 Å². The van der Waals surface area contributed by atoms with Crippen molar-refractivity contribution >= 4 is 11.6 Å². The Morgan fingerprint density at radius 3 is 2.64 bits per heavy atom. The maximum atomic E-state index is 12.2. The molecule has 116 valence electrons. The average molecular weight is 299 g/mol. The van der Waals surface area contributed by atoms with Gasteiger partial charge < -0.3 is 10.4 Å². The molecule has 1 aliphatic rings. The van der Waals surface area contributed by atoms with Gasteiger partial charge in [0.25, 0.3) is 5.91 Å². The number of carbonyl (C=O) groups excluding carboxylic acids is 1. The first-order valence-corrected chi connectivity index (χ1v) is 7.47. The van der Waals surface area contributed by atoms with Crippen molar-refractivity contribution in [2.24, 2.45) is 5.41 Å². The number of hydrogen-bond acceptors (Lipinski definition) is 3. The summed E-state index contributed by atoms with van der Waals surface area (Å²) in [5, 5.41) is 17.3. The average Bonchev–Trinajstić information content (AvgIpc) is 2.84. The van der Waals surface area contributed by atoms with Gasteiger partial charge in [0.1, 0.15) is 5.60 Å². The van der Waals surface area contributed by atoms with Gasteiger partial charge in [-0.3, -0.25) is 9.48 Å². The second-order valence-electron chi connectivity index (χ2n) is 6.92. The van der Waals surface area contributed by atoms with Gasteiger partial charge in [-0.2, -0.15) is 5.10 Å². The summed E-state index contributed by atoms with van der Waals surface area (Å²) < 4.78 is 1.76. The number of aliphatic hydroxyl groups is 1. The first kappa shape index (κ1) is 14.8. The molecule has 0 bridgehead atoms. The molecule has 1 aromatic heterocycles. The predicted octanol–water partition coefficient (Wildman–Crippen LogP) is 2.42. The molecule has 0 aliphatic heterocycles. The van der Waals surface area contributed by atoms with Crippen LogP contribution >= 0.6 is 0 Å². The summed E-state index contributed by atoms with van der Waals surface area (Å²) in [7, 11) is 0. The number of carbonyl (C=O) groups is 1. The zero-order valence-electron chi connectivity index (χ0n) is 12.9. The number of anilines is 1. The van der Waals surface area contributed by atoms with Gasteiger partial charge >= 0.3 is 0 Å². The van der Waals surface area contributed by atoms with Crippen molar-refractivity contribution in [3.05, 3.63) is 48.3 Å². The highest BCUT2D eigenvalue weighted by atomic mass is 16.3. The molecule has 0 saturated heterocycles. The molecule has 3 rings (SSSR count). The smallest absolute Gasteiger partial charge is 0.256 e. The summed E-state index contributed by atoms with van der Waals surface area (Å²) in [5.41, 5.74) is 0.538. The minimum Gasteiger partial charge on any atom is -0.380 e. The molecule has 0 unspecified atom stereocenters. The molecule has 2 N–H and O–H groups in total. The quantitative estimate of drug-likeness (QED) is 0.911. The minimum atomic E-state index is -1.25. The molecule has 5 heteroatoms. The Hall–Kier alpha value is -2.14. The van der Waals surface area contributed by atoms with E-state index in [2.05, 4.69) is 10.4 Å². The fourth-order valence-corrected chi connectivity index (χ4v) is 3.22. The number of benzene rings is 1. The van der Waals surface area contributed by atoms with Gasteiger partial charge in [-0.05, 0) is 23.8 Å². The molecule has 1 aromatic carbocycles. The molecule has 0 spiro atoms. The molecular formula is C17H21N3O2. The van der Waals surface area contributed by atoms with Crippen LogP contribution in [0.1, 0.15) is 32.3 Å². The summed E-state index contributed by atoms with van der Waals surface area (Å²) in [6.45, 7) is 4.74. The van der Waals surface area contributed by atoms with Gasteiger partial charge in [-0.15, -0.1) is 0 Å². The molecule has 2 aromatic rings. The molecule has 1 saturated carbocycles. The van der Waals surface area contributed by atoms with Crippen LogP contribution in [0.15, 0.2) is 42.7 Å². The van der Waals surface area contributed by atoms with E-state index in [1.807, 2.05) is 44.2 Å². The Bertz CT molecular complexity index is 668. The Morgan fingerprint density at radius 1 is 1.32 bits per heavy atom. The number of aromatic nitrogens is 2. The van der Waals surface area contributed by atoms with Gasteiger partial charge in [-0.1, -0.05) is 44.2 Å². The van der Waals surface area contributed by atoms with Gasteiger partial charge in [0, 0.05) is 6.20 Å². The van der Waals surface area contributed by atoms with Crippen LogP contribution in [0.5, 0.6) is 0 Å². The van der Waals surface area contributed by atoms with Crippen LogP contribution in [0.2, 0.25) is 0 Å². The lowest BCUT2D eigenvalue weighted by Crippen LogP contribution is -2.56. The van der Waals surface area contributed by atoms with E-state index in [4.69, 9.17) is 0 Å². The van der Waals surface area contributed by atoms with E-state index in [0.29, 0.717) is 25.1 Å². The summed E-state index contributed by atoms with van der Waals surface area (Å²) in [5.74, 6) is -0.342. The van der Waals surface area contributed by atoms with Gasteiger partial charge in [0.05, 0.1) is 18.4 Å². The van der Waals surface area contributed by atoms with Crippen molar-refractivity contribution in [2.75, 3.05) is 5.32 Å². The molecule has 0 radical (unpaired) electrons. The van der Waals surface area contributed by atoms with Crippen LogP contribution in [0.4, 0.5) is 5.69 Å². The van der Waals surface area contributed by atoms with Crippen LogP contribution in [0, 0.1) is 5.41 Å². The number of amides is 1. The summed E-state index contributed by atoms with van der Waals surface area (Å²) in [4.78, 5) is 12.2. The molecular weight excluding hydrogens is 278 g/mol. The zero-order chi connectivity index (χ0) is 15.8. The van der Waals surface area contributed by atoms with E-state index in [1.54, 1.807) is 17.1 Å². The van der Waals surface area contributed by atoms with Crippen molar-refractivity contribution in [1.82, 2.24) is 9.78 Å². The second-order valence-corrected chi connectivity index (χ2v) is 6.92. The van der Waals surface area contributed by atoms with Crippen LogP contribution < -0.4 is 5.32 Å². The van der Waals surface area contributed by atoms with E-state index < -0.39 is 5.60 Å². The monoisotopic (exact) mass is 299 g/mol. The third-order valence-electron chi connectivity index (χ3n) is 4.04. The van der Waals surface area contributed by atoms with Gasteiger partial charge in [0.15, 0.2) is 0 Å². The normalized spacial score (nSPS) is 18.5. The van der Waals surface area contributed by atoms with Crippen molar-refractivity contribution in [2.45, 2.75) is 38.8 Å². The van der Waals surface area contributed by atoms with E-state index in [-0.39, 0.29) is 11.3 Å².